The van der Waals surface area contributed by atoms with Gasteiger partial charge in [-0.15, -0.1) is 0 Å². The summed E-state index contributed by atoms with van der Waals surface area (Å²) in [6.07, 6.45) is 2.70. The molecule has 1 heterocycles. The van der Waals surface area contributed by atoms with E-state index in [1.165, 1.54) is 18.2 Å². The van der Waals surface area contributed by atoms with Crippen molar-refractivity contribution in [2.75, 3.05) is 19.7 Å². The largest absolute Gasteiger partial charge is 0.508 e. The Bertz CT molecular complexity index is 462. The minimum Gasteiger partial charge on any atom is -0.508 e. The predicted molar refractivity (Wildman–Crippen MR) is 73.4 cm³/mol. The van der Waals surface area contributed by atoms with Crippen molar-refractivity contribution in [3.63, 3.8) is 0 Å². The summed E-state index contributed by atoms with van der Waals surface area (Å²) in [7, 11) is 0. The maximum Gasteiger partial charge on any atom is 0.255 e. The number of hydrogen-bond donors (Lipinski definition) is 2. The number of hydrogen-bond acceptors (Lipinski definition) is 3. The molecule has 1 aromatic rings. The molecule has 0 saturated carbocycles. The van der Waals surface area contributed by atoms with Crippen LogP contribution in [0.2, 0.25) is 5.02 Å². The van der Waals surface area contributed by atoms with Crippen molar-refractivity contribution in [2.24, 2.45) is 5.92 Å². The van der Waals surface area contributed by atoms with E-state index >= 15 is 0 Å². The Morgan fingerprint density at radius 2 is 2.26 bits per heavy atom. The molecule has 1 unspecified atom stereocenters. The third kappa shape index (κ3) is 3.39. The van der Waals surface area contributed by atoms with Crippen LogP contribution in [0.5, 0.6) is 5.75 Å². The summed E-state index contributed by atoms with van der Waals surface area (Å²) in [6.45, 7) is 1.50. The number of aliphatic hydroxyl groups excluding tert-OH is 1. The summed E-state index contributed by atoms with van der Waals surface area (Å²) in [4.78, 5) is 14.1. The third-order valence-electron chi connectivity index (χ3n) is 3.52. The topological polar surface area (TPSA) is 60.8 Å². The summed E-state index contributed by atoms with van der Waals surface area (Å²) in [5.41, 5.74) is 0.339. The highest BCUT2D eigenvalue weighted by atomic mass is 35.5. The molecular weight excluding hydrogens is 266 g/mol. The first-order chi connectivity index (χ1) is 9.11. The second-order valence-corrected chi connectivity index (χ2v) is 5.34. The fourth-order valence-corrected chi connectivity index (χ4v) is 2.71. The van der Waals surface area contributed by atoms with E-state index in [-0.39, 0.29) is 18.3 Å². The van der Waals surface area contributed by atoms with Crippen LogP contribution in [0.1, 0.15) is 29.6 Å². The average Bonchev–Trinajstić information content (AvgIpc) is 2.41. The highest BCUT2D eigenvalue weighted by Crippen LogP contribution is 2.26. The number of piperidine rings is 1. The molecule has 0 bridgehead atoms. The van der Waals surface area contributed by atoms with Crippen LogP contribution in [-0.4, -0.2) is 40.7 Å². The molecule has 1 atom stereocenters. The molecule has 1 aliphatic rings. The molecule has 1 saturated heterocycles. The number of aliphatic hydroxyl groups is 1. The van der Waals surface area contributed by atoms with Crippen molar-refractivity contribution in [1.82, 2.24) is 4.90 Å². The number of amides is 1. The van der Waals surface area contributed by atoms with Crippen LogP contribution in [-0.2, 0) is 0 Å². The van der Waals surface area contributed by atoms with E-state index in [4.69, 9.17) is 16.7 Å². The number of rotatable bonds is 3. The Labute approximate surface area is 117 Å². The maximum absolute atomic E-state index is 12.4. The molecule has 5 heteroatoms. The first-order valence-corrected chi connectivity index (χ1v) is 6.88. The summed E-state index contributed by atoms with van der Waals surface area (Å²) in [5.74, 6) is 0.235. The standard InChI is InChI=1S/C14H18ClNO3/c15-13-4-3-11(18)8-12(13)14(19)16-6-1-2-10(9-16)5-7-17/h3-4,8,10,17-18H,1-2,5-7,9H2. The summed E-state index contributed by atoms with van der Waals surface area (Å²) in [5, 5.41) is 18.8. The highest BCUT2D eigenvalue weighted by Gasteiger charge is 2.25. The van der Waals surface area contributed by atoms with Crippen LogP contribution in [0.4, 0.5) is 0 Å². The van der Waals surface area contributed by atoms with E-state index < -0.39 is 0 Å². The lowest BCUT2D eigenvalue weighted by Gasteiger charge is -2.32. The molecule has 0 aromatic heterocycles. The number of halogens is 1. The average molecular weight is 284 g/mol. The van der Waals surface area contributed by atoms with Crippen molar-refractivity contribution >= 4 is 17.5 Å². The van der Waals surface area contributed by atoms with E-state index in [0.29, 0.717) is 29.6 Å². The molecule has 2 N–H and O–H groups in total. The second-order valence-electron chi connectivity index (χ2n) is 4.94. The van der Waals surface area contributed by atoms with Gasteiger partial charge in [-0.3, -0.25) is 4.79 Å². The quantitative estimate of drug-likeness (QED) is 0.895. The zero-order chi connectivity index (χ0) is 13.8. The number of carbonyl (C=O) groups excluding carboxylic acids is 1. The van der Waals surface area contributed by atoms with Gasteiger partial charge in [-0.05, 0) is 43.4 Å². The van der Waals surface area contributed by atoms with E-state index in [1.807, 2.05) is 0 Å². The molecular formula is C14H18ClNO3. The fourth-order valence-electron chi connectivity index (χ4n) is 2.52. The molecule has 0 aliphatic carbocycles. The van der Waals surface area contributed by atoms with Gasteiger partial charge in [-0.25, -0.2) is 0 Å². The smallest absolute Gasteiger partial charge is 0.255 e. The highest BCUT2D eigenvalue weighted by molar-refractivity contribution is 6.33. The van der Waals surface area contributed by atoms with Gasteiger partial charge in [-0.2, -0.15) is 0 Å². The Kier molecular flexibility index (Phi) is 4.66. The van der Waals surface area contributed by atoms with Gasteiger partial charge in [0.15, 0.2) is 0 Å². The maximum atomic E-state index is 12.4. The number of likely N-dealkylation sites (tertiary alicyclic amines) is 1. The van der Waals surface area contributed by atoms with Crippen LogP contribution in [0.3, 0.4) is 0 Å². The molecule has 19 heavy (non-hydrogen) atoms. The van der Waals surface area contributed by atoms with E-state index in [0.717, 1.165) is 19.3 Å². The van der Waals surface area contributed by atoms with Crippen LogP contribution in [0.15, 0.2) is 18.2 Å². The first-order valence-electron chi connectivity index (χ1n) is 6.50. The number of aromatic hydroxyl groups is 1. The lowest BCUT2D eigenvalue weighted by atomic mass is 9.94. The van der Waals surface area contributed by atoms with Gasteiger partial charge < -0.3 is 15.1 Å². The van der Waals surface area contributed by atoms with E-state index in [1.54, 1.807) is 4.90 Å². The van der Waals surface area contributed by atoms with Gasteiger partial charge in [0, 0.05) is 19.7 Å². The zero-order valence-corrected chi connectivity index (χ0v) is 11.4. The van der Waals surface area contributed by atoms with Crippen molar-refractivity contribution in [3.05, 3.63) is 28.8 Å². The minimum atomic E-state index is -0.150. The Balaban J connectivity index is 2.12. The monoisotopic (exact) mass is 283 g/mol. The number of phenols is 1. The zero-order valence-electron chi connectivity index (χ0n) is 10.7. The van der Waals surface area contributed by atoms with Gasteiger partial charge in [0.25, 0.3) is 5.91 Å². The van der Waals surface area contributed by atoms with Crippen molar-refractivity contribution in [3.8, 4) is 5.75 Å². The molecule has 104 valence electrons. The normalized spacial score (nSPS) is 19.5. The molecule has 1 fully saturated rings. The van der Waals surface area contributed by atoms with Crippen molar-refractivity contribution in [1.29, 1.82) is 0 Å². The Hall–Kier alpha value is -1.26. The van der Waals surface area contributed by atoms with Crippen molar-refractivity contribution in [2.45, 2.75) is 19.3 Å². The molecule has 1 aliphatic heterocycles. The molecule has 4 nitrogen and oxygen atoms in total. The number of benzene rings is 1. The molecule has 0 radical (unpaired) electrons. The number of phenolic OH excluding ortho intramolecular Hbond substituents is 1. The van der Waals surface area contributed by atoms with Gasteiger partial charge in [0.05, 0.1) is 10.6 Å². The predicted octanol–water partition coefficient (Wildman–Crippen LogP) is 2.28. The summed E-state index contributed by atoms with van der Waals surface area (Å²) in [6, 6.07) is 4.39. The third-order valence-corrected chi connectivity index (χ3v) is 3.85. The second kappa shape index (κ2) is 6.26. The molecule has 1 amide bonds. The fraction of sp³-hybridized carbons (Fsp3) is 0.500. The van der Waals surface area contributed by atoms with E-state index in [2.05, 4.69) is 0 Å². The molecule has 1 aromatic carbocycles. The van der Waals surface area contributed by atoms with Gasteiger partial charge >= 0.3 is 0 Å². The van der Waals surface area contributed by atoms with Crippen LogP contribution >= 0.6 is 11.6 Å². The summed E-state index contributed by atoms with van der Waals surface area (Å²) >= 11 is 6.01. The van der Waals surface area contributed by atoms with Gasteiger partial charge in [-0.1, -0.05) is 11.6 Å². The molecule has 2 rings (SSSR count). The number of nitrogens with zero attached hydrogens (tertiary/aromatic N) is 1. The lowest BCUT2D eigenvalue weighted by Crippen LogP contribution is -2.40. The van der Waals surface area contributed by atoms with Crippen molar-refractivity contribution < 1.29 is 15.0 Å². The Morgan fingerprint density at radius 1 is 1.47 bits per heavy atom. The van der Waals surface area contributed by atoms with Crippen LogP contribution in [0.25, 0.3) is 0 Å². The minimum absolute atomic E-state index is 0.0386. The number of carbonyl (C=O) groups is 1. The van der Waals surface area contributed by atoms with Crippen LogP contribution < -0.4 is 0 Å². The van der Waals surface area contributed by atoms with E-state index in [9.17, 15) is 9.90 Å². The van der Waals surface area contributed by atoms with Crippen LogP contribution in [0, 0.1) is 5.92 Å². The Morgan fingerprint density at radius 3 is 3.00 bits per heavy atom. The molecule has 0 spiro atoms. The lowest BCUT2D eigenvalue weighted by molar-refractivity contribution is 0.0653. The van der Waals surface area contributed by atoms with Gasteiger partial charge in [0.2, 0.25) is 0 Å². The SMILES string of the molecule is O=C(c1cc(O)ccc1Cl)N1CCCC(CCO)C1. The summed E-state index contributed by atoms with van der Waals surface area (Å²) < 4.78 is 0. The first kappa shape index (κ1) is 14.2. The van der Waals surface area contributed by atoms with Gasteiger partial charge in [0.1, 0.15) is 5.75 Å².